The van der Waals surface area contributed by atoms with Crippen molar-refractivity contribution in [1.82, 2.24) is 14.7 Å². The fourth-order valence-electron chi connectivity index (χ4n) is 4.30. The van der Waals surface area contributed by atoms with Gasteiger partial charge < -0.3 is 4.90 Å². The van der Waals surface area contributed by atoms with Crippen molar-refractivity contribution in [3.05, 3.63) is 35.9 Å². The molecule has 24 heavy (non-hydrogen) atoms. The summed E-state index contributed by atoms with van der Waals surface area (Å²) >= 11 is 0. The first-order chi connectivity index (χ1) is 11.6. The Morgan fingerprint density at radius 1 is 1.08 bits per heavy atom. The number of hydrogen-bond acceptors (Lipinski definition) is 3. The van der Waals surface area contributed by atoms with Gasteiger partial charge in [0, 0.05) is 58.3 Å². The second-order valence-electron chi connectivity index (χ2n) is 7.48. The summed E-state index contributed by atoms with van der Waals surface area (Å²) < 4.78 is 0. The van der Waals surface area contributed by atoms with Crippen LogP contribution in [0, 0.1) is 5.92 Å². The second-order valence-corrected chi connectivity index (χ2v) is 7.48. The van der Waals surface area contributed by atoms with Gasteiger partial charge in [-0.3, -0.25) is 14.6 Å². The summed E-state index contributed by atoms with van der Waals surface area (Å²) in [5, 5.41) is 0. The number of amides is 1. The Labute approximate surface area is 146 Å². The van der Waals surface area contributed by atoms with Gasteiger partial charge in [-0.25, -0.2) is 0 Å². The molecule has 1 aromatic carbocycles. The van der Waals surface area contributed by atoms with Gasteiger partial charge in [0.05, 0.1) is 0 Å². The molecule has 0 aromatic heterocycles. The molecule has 2 fully saturated rings. The molecule has 1 aromatic rings. The van der Waals surface area contributed by atoms with Crippen LogP contribution in [0.4, 0.5) is 0 Å². The molecule has 0 radical (unpaired) electrons. The highest BCUT2D eigenvalue weighted by Gasteiger charge is 2.36. The third kappa shape index (κ3) is 3.81. The van der Waals surface area contributed by atoms with Crippen molar-refractivity contribution in [3.8, 4) is 0 Å². The highest BCUT2D eigenvalue weighted by Crippen LogP contribution is 2.30. The summed E-state index contributed by atoms with van der Waals surface area (Å²) in [6.45, 7) is 12.6. The van der Waals surface area contributed by atoms with E-state index in [1.807, 2.05) is 4.90 Å². The molecule has 2 aliphatic heterocycles. The van der Waals surface area contributed by atoms with Gasteiger partial charge in [0.25, 0.3) is 0 Å². The molecule has 4 nitrogen and oxygen atoms in total. The molecule has 0 saturated carbocycles. The molecular formula is C20H31N3O. The van der Waals surface area contributed by atoms with Crippen molar-refractivity contribution in [1.29, 1.82) is 0 Å². The van der Waals surface area contributed by atoms with E-state index in [0.29, 0.717) is 18.0 Å². The van der Waals surface area contributed by atoms with Crippen LogP contribution in [0.2, 0.25) is 0 Å². The Bertz CT molecular complexity index is 547. The molecule has 2 aliphatic rings. The molecule has 4 heteroatoms. The summed E-state index contributed by atoms with van der Waals surface area (Å²) in [5.41, 5.74) is 1.41. The molecule has 0 bridgehead atoms. The van der Waals surface area contributed by atoms with Crippen LogP contribution in [-0.2, 0) is 4.79 Å². The maximum Gasteiger partial charge on any atom is 0.219 e. The summed E-state index contributed by atoms with van der Waals surface area (Å²) in [5.74, 6) is 0.899. The minimum atomic E-state index is 0.218. The van der Waals surface area contributed by atoms with E-state index < -0.39 is 0 Å². The van der Waals surface area contributed by atoms with Crippen LogP contribution in [0.25, 0.3) is 0 Å². The molecule has 0 aliphatic carbocycles. The van der Waals surface area contributed by atoms with Crippen molar-refractivity contribution >= 4 is 5.91 Å². The van der Waals surface area contributed by atoms with Crippen LogP contribution in [0.15, 0.2) is 30.3 Å². The van der Waals surface area contributed by atoms with Crippen LogP contribution < -0.4 is 0 Å². The van der Waals surface area contributed by atoms with Crippen LogP contribution in [0.3, 0.4) is 0 Å². The third-order valence-corrected chi connectivity index (χ3v) is 5.88. The van der Waals surface area contributed by atoms with Crippen LogP contribution in [0.1, 0.15) is 38.8 Å². The lowest BCUT2D eigenvalue weighted by Gasteiger charge is -2.31. The van der Waals surface area contributed by atoms with E-state index in [-0.39, 0.29) is 5.91 Å². The SMILES string of the molecule is CC(=O)N1CCCN(C2CN(C(C)c3ccccc3)CC2C)CC1. The number of hydrogen-bond donors (Lipinski definition) is 0. The quantitative estimate of drug-likeness (QED) is 0.853. The van der Waals surface area contributed by atoms with E-state index >= 15 is 0 Å². The van der Waals surface area contributed by atoms with E-state index in [4.69, 9.17) is 0 Å². The van der Waals surface area contributed by atoms with Gasteiger partial charge in [-0.05, 0) is 24.8 Å². The van der Waals surface area contributed by atoms with Crippen molar-refractivity contribution < 1.29 is 4.79 Å². The summed E-state index contributed by atoms with van der Waals surface area (Å²) in [6, 6.07) is 11.9. The smallest absolute Gasteiger partial charge is 0.219 e. The predicted octanol–water partition coefficient (Wildman–Crippen LogP) is 2.62. The summed E-state index contributed by atoms with van der Waals surface area (Å²) in [4.78, 5) is 18.9. The van der Waals surface area contributed by atoms with Gasteiger partial charge in [-0.2, -0.15) is 0 Å². The van der Waals surface area contributed by atoms with Gasteiger partial charge in [-0.15, -0.1) is 0 Å². The monoisotopic (exact) mass is 329 g/mol. The predicted molar refractivity (Wildman–Crippen MR) is 97.8 cm³/mol. The molecule has 3 atom stereocenters. The van der Waals surface area contributed by atoms with Gasteiger partial charge in [0.15, 0.2) is 0 Å². The zero-order valence-electron chi connectivity index (χ0n) is 15.3. The Balaban J connectivity index is 1.62. The van der Waals surface area contributed by atoms with E-state index in [9.17, 15) is 4.79 Å². The molecule has 3 rings (SSSR count). The molecular weight excluding hydrogens is 298 g/mol. The van der Waals surface area contributed by atoms with Gasteiger partial charge in [0.2, 0.25) is 5.91 Å². The fraction of sp³-hybridized carbons (Fsp3) is 0.650. The molecule has 3 unspecified atom stereocenters. The fourth-order valence-corrected chi connectivity index (χ4v) is 4.30. The Morgan fingerprint density at radius 3 is 2.54 bits per heavy atom. The van der Waals surface area contributed by atoms with E-state index in [0.717, 1.165) is 45.7 Å². The highest BCUT2D eigenvalue weighted by molar-refractivity contribution is 5.73. The standard InChI is InChI=1S/C20H31N3O/c1-16-14-23(17(2)19-8-5-4-6-9-19)15-20(16)22-11-7-10-21(12-13-22)18(3)24/h4-6,8-9,16-17,20H,7,10-15H2,1-3H3. The van der Waals surface area contributed by atoms with Crippen LogP contribution >= 0.6 is 0 Å². The molecule has 0 spiro atoms. The van der Waals surface area contributed by atoms with E-state index in [2.05, 4.69) is 54.0 Å². The Morgan fingerprint density at radius 2 is 1.83 bits per heavy atom. The minimum Gasteiger partial charge on any atom is -0.342 e. The van der Waals surface area contributed by atoms with Crippen LogP contribution in [0.5, 0.6) is 0 Å². The molecule has 1 amide bonds. The molecule has 2 saturated heterocycles. The molecule has 0 N–H and O–H groups in total. The highest BCUT2D eigenvalue weighted by atomic mass is 16.2. The van der Waals surface area contributed by atoms with Crippen molar-refractivity contribution in [2.24, 2.45) is 5.92 Å². The van der Waals surface area contributed by atoms with Gasteiger partial charge >= 0.3 is 0 Å². The van der Waals surface area contributed by atoms with Crippen molar-refractivity contribution in [3.63, 3.8) is 0 Å². The second kappa shape index (κ2) is 7.66. The van der Waals surface area contributed by atoms with E-state index in [1.54, 1.807) is 6.92 Å². The normalized spacial score (nSPS) is 27.9. The van der Waals surface area contributed by atoms with Crippen LogP contribution in [-0.4, -0.2) is 65.9 Å². The largest absolute Gasteiger partial charge is 0.342 e. The Kier molecular flexibility index (Phi) is 5.57. The lowest BCUT2D eigenvalue weighted by Crippen LogP contribution is -2.43. The Hall–Kier alpha value is -1.39. The number of benzene rings is 1. The maximum atomic E-state index is 11.6. The zero-order chi connectivity index (χ0) is 17.1. The topological polar surface area (TPSA) is 26.8 Å². The lowest BCUT2D eigenvalue weighted by molar-refractivity contribution is -0.128. The number of rotatable bonds is 3. The number of likely N-dealkylation sites (tertiary alicyclic amines) is 1. The average molecular weight is 329 g/mol. The summed E-state index contributed by atoms with van der Waals surface area (Å²) in [6.07, 6.45) is 1.09. The first-order valence-corrected chi connectivity index (χ1v) is 9.35. The zero-order valence-corrected chi connectivity index (χ0v) is 15.3. The first kappa shape index (κ1) is 17.4. The van der Waals surface area contributed by atoms with E-state index in [1.165, 1.54) is 5.56 Å². The molecule has 132 valence electrons. The summed E-state index contributed by atoms with van der Waals surface area (Å²) in [7, 11) is 0. The number of nitrogens with zero attached hydrogens (tertiary/aromatic N) is 3. The number of carbonyl (C=O) groups excluding carboxylic acids is 1. The number of carbonyl (C=O) groups is 1. The molecule has 2 heterocycles. The van der Waals surface area contributed by atoms with Crippen molar-refractivity contribution in [2.75, 3.05) is 39.3 Å². The lowest BCUT2D eigenvalue weighted by atomic mass is 10.0. The van der Waals surface area contributed by atoms with Gasteiger partial charge in [0.1, 0.15) is 0 Å². The first-order valence-electron chi connectivity index (χ1n) is 9.35. The maximum absolute atomic E-state index is 11.6. The van der Waals surface area contributed by atoms with Gasteiger partial charge in [-0.1, -0.05) is 37.3 Å². The average Bonchev–Trinajstić information content (AvgIpc) is 2.82. The minimum absolute atomic E-state index is 0.218. The van der Waals surface area contributed by atoms with Crippen molar-refractivity contribution in [2.45, 2.75) is 39.3 Å². The third-order valence-electron chi connectivity index (χ3n) is 5.88.